The molecule has 0 saturated carbocycles. The molecule has 0 N–H and O–H groups in total. The average Bonchev–Trinajstić information content (AvgIpc) is 2.93. The molecule has 0 aliphatic carbocycles. The first kappa shape index (κ1) is 45.5. The largest absolute Gasteiger partial charge is 0.503 e. The van der Waals surface area contributed by atoms with Crippen molar-refractivity contribution in [3.05, 3.63) is 0 Å². The summed E-state index contributed by atoms with van der Waals surface area (Å²) in [6, 6.07) is 0.191. The van der Waals surface area contributed by atoms with Gasteiger partial charge >= 0.3 is 31.6 Å². The van der Waals surface area contributed by atoms with Gasteiger partial charge in [0, 0.05) is 6.04 Å². The standard InChI is InChI=1S/C29H65O12P3Si/c1-14-26(42(30,33-17-4)34-18-5)39-45(24-29(12,13)23-25(10)11,40-27(15-2)43(31,35-19-6)36-20-7)41-28(16-3)44(32,37-21-8)38-22-9/h25-28H,14-24H2,1-13H3. The molecule has 0 bridgehead atoms. The van der Waals surface area contributed by atoms with E-state index in [0.717, 1.165) is 6.42 Å². The third-order valence-electron chi connectivity index (χ3n) is 6.56. The Bertz CT molecular complexity index is 824. The van der Waals surface area contributed by atoms with Gasteiger partial charge in [0.15, 0.2) is 17.5 Å². The molecule has 16 heteroatoms. The zero-order chi connectivity index (χ0) is 35.0. The van der Waals surface area contributed by atoms with Gasteiger partial charge in [-0.3, -0.25) is 13.7 Å². The molecule has 45 heavy (non-hydrogen) atoms. The minimum atomic E-state index is -4.25. The molecule has 12 nitrogen and oxygen atoms in total. The van der Waals surface area contributed by atoms with Crippen LogP contribution in [0.5, 0.6) is 0 Å². The third kappa shape index (κ3) is 14.5. The SMILES string of the molecule is CCOP(=O)(OCC)C(CC)O[Si](CC(C)(C)CC(C)C)(OC(CC)P(=O)(OCC)OCC)OC(CC)P(=O)(OCC)OCC. The summed E-state index contributed by atoms with van der Waals surface area (Å²) in [6.07, 6.45) is 1.42. The number of rotatable bonds is 28. The van der Waals surface area contributed by atoms with Crippen LogP contribution in [0.25, 0.3) is 0 Å². The van der Waals surface area contributed by atoms with Crippen molar-refractivity contribution in [3.63, 3.8) is 0 Å². The van der Waals surface area contributed by atoms with E-state index in [2.05, 4.69) is 27.7 Å². The molecule has 0 fully saturated rings. The lowest BCUT2D eigenvalue weighted by atomic mass is 9.86. The Morgan fingerprint density at radius 1 is 0.511 bits per heavy atom. The molecule has 0 aliphatic heterocycles. The second kappa shape index (κ2) is 21.6. The lowest BCUT2D eigenvalue weighted by Gasteiger charge is -2.43. The highest BCUT2D eigenvalue weighted by atomic mass is 31.2. The summed E-state index contributed by atoms with van der Waals surface area (Å²) in [6.45, 7) is 24.8. The fraction of sp³-hybridized carbons (Fsp3) is 1.00. The highest BCUT2D eigenvalue weighted by Crippen LogP contribution is 2.61. The Morgan fingerprint density at radius 3 is 0.933 bits per heavy atom. The Hall–Kier alpha value is 0.547. The summed E-state index contributed by atoms with van der Waals surface area (Å²) in [7, 11) is -15.8. The zero-order valence-corrected chi connectivity index (χ0v) is 34.0. The van der Waals surface area contributed by atoms with Crippen molar-refractivity contribution in [2.75, 3.05) is 39.6 Å². The molecule has 0 heterocycles. The lowest BCUT2D eigenvalue weighted by molar-refractivity contribution is -0.00376. The molecule has 272 valence electrons. The van der Waals surface area contributed by atoms with Gasteiger partial charge in [-0.1, -0.05) is 48.5 Å². The smallest absolute Gasteiger partial charge is 0.358 e. The molecule has 0 rings (SSSR count). The van der Waals surface area contributed by atoms with E-state index < -0.39 is 54.5 Å². The maximum atomic E-state index is 14.2. The van der Waals surface area contributed by atoms with E-state index in [-0.39, 0.29) is 64.9 Å². The first-order chi connectivity index (χ1) is 21.0. The number of hydrogen-bond donors (Lipinski definition) is 0. The highest BCUT2D eigenvalue weighted by Gasteiger charge is 2.58. The van der Waals surface area contributed by atoms with Crippen molar-refractivity contribution in [1.82, 2.24) is 0 Å². The van der Waals surface area contributed by atoms with Crippen molar-refractivity contribution < 1.29 is 54.1 Å². The Morgan fingerprint density at radius 2 is 0.756 bits per heavy atom. The van der Waals surface area contributed by atoms with E-state index in [0.29, 0.717) is 5.92 Å². The topological polar surface area (TPSA) is 134 Å². The fourth-order valence-electron chi connectivity index (χ4n) is 5.40. The van der Waals surface area contributed by atoms with Crippen LogP contribution in [0, 0.1) is 11.3 Å². The van der Waals surface area contributed by atoms with Crippen molar-refractivity contribution >= 4 is 31.6 Å². The summed E-state index contributed by atoms with van der Waals surface area (Å²) >= 11 is 0. The maximum absolute atomic E-state index is 14.2. The van der Waals surface area contributed by atoms with Crippen LogP contribution < -0.4 is 0 Å². The van der Waals surface area contributed by atoms with E-state index >= 15 is 0 Å². The zero-order valence-electron chi connectivity index (χ0n) is 30.3. The van der Waals surface area contributed by atoms with Crippen LogP contribution in [0.4, 0.5) is 0 Å². The summed E-state index contributed by atoms with van der Waals surface area (Å²) in [5.74, 6) is -3.02. The summed E-state index contributed by atoms with van der Waals surface area (Å²) in [4.78, 5) is 0. The molecule has 3 unspecified atom stereocenters. The first-order valence-corrected chi connectivity index (χ1v) is 23.4. The van der Waals surface area contributed by atoms with Crippen LogP contribution in [0.2, 0.25) is 6.04 Å². The second-order valence-electron chi connectivity index (χ2n) is 11.7. The molecule has 0 aromatic rings. The quantitative estimate of drug-likeness (QED) is 0.0561. The van der Waals surface area contributed by atoms with E-state index in [4.69, 9.17) is 40.4 Å². The van der Waals surface area contributed by atoms with Crippen LogP contribution in [-0.4, -0.2) is 66.0 Å². The van der Waals surface area contributed by atoms with Crippen LogP contribution in [0.1, 0.15) is 116 Å². The third-order valence-corrected chi connectivity index (χ3v) is 17.7. The fourth-order valence-corrected chi connectivity index (χ4v) is 16.6. The van der Waals surface area contributed by atoms with Gasteiger partial charge in [0.1, 0.15) is 0 Å². The minimum absolute atomic E-state index is 0.120. The molecule has 0 aromatic heterocycles. The summed E-state index contributed by atoms with van der Waals surface area (Å²) in [5.41, 5.74) is -0.459. The second-order valence-corrected chi connectivity index (χ2v) is 20.6. The van der Waals surface area contributed by atoms with Crippen molar-refractivity contribution in [3.8, 4) is 0 Å². The predicted molar refractivity (Wildman–Crippen MR) is 182 cm³/mol. The van der Waals surface area contributed by atoms with Gasteiger partial charge < -0.3 is 40.4 Å². The maximum Gasteiger partial charge on any atom is 0.503 e. The predicted octanol–water partition coefficient (Wildman–Crippen LogP) is 10.1. The van der Waals surface area contributed by atoms with E-state index in [9.17, 15) is 13.7 Å². The van der Waals surface area contributed by atoms with Gasteiger partial charge in [0.05, 0.1) is 39.6 Å². The van der Waals surface area contributed by atoms with Crippen LogP contribution in [0.15, 0.2) is 0 Å². The molecule has 0 saturated heterocycles. The van der Waals surface area contributed by atoms with Gasteiger partial charge in [-0.15, -0.1) is 0 Å². The van der Waals surface area contributed by atoms with Crippen LogP contribution in [-0.2, 0) is 54.1 Å². The first-order valence-electron chi connectivity index (χ1n) is 16.7. The van der Waals surface area contributed by atoms with E-state index in [1.165, 1.54) is 0 Å². The summed E-state index contributed by atoms with van der Waals surface area (Å²) in [5, 5.41) is 0. The summed E-state index contributed by atoms with van der Waals surface area (Å²) < 4.78 is 97.6. The average molecular weight is 727 g/mol. The van der Waals surface area contributed by atoms with Gasteiger partial charge in [-0.05, 0) is 78.6 Å². The molecule has 3 atom stereocenters. The monoisotopic (exact) mass is 726 g/mol. The van der Waals surface area contributed by atoms with E-state index in [1.807, 2.05) is 0 Å². The lowest BCUT2D eigenvalue weighted by Crippen LogP contribution is -2.55. The Kier molecular flexibility index (Phi) is 21.9. The van der Waals surface area contributed by atoms with Gasteiger partial charge in [0.25, 0.3) is 0 Å². The van der Waals surface area contributed by atoms with Gasteiger partial charge in [0.2, 0.25) is 0 Å². The van der Waals surface area contributed by atoms with Gasteiger partial charge in [-0.25, -0.2) is 0 Å². The highest BCUT2D eigenvalue weighted by molar-refractivity contribution is 7.55. The van der Waals surface area contributed by atoms with Crippen LogP contribution >= 0.6 is 22.8 Å². The number of hydrogen-bond acceptors (Lipinski definition) is 12. The molecule has 0 aliphatic rings. The minimum Gasteiger partial charge on any atom is -0.358 e. The molecule has 0 amide bonds. The Labute approximate surface area is 275 Å². The van der Waals surface area contributed by atoms with Crippen molar-refractivity contribution in [2.45, 2.75) is 139 Å². The van der Waals surface area contributed by atoms with Crippen molar-refractivity contribution in [1.29, 1.82) is 0 Å². The van der Waals surface area contributed by atoms with Gasteiger partial charge in [-0.2, -0.15) is 0 Å². The molecular weight excluding hydrogens is 661 g/mol. The van der Waals surface area contributed by atoms with Crippen LogP contribution in [0.3, 0.4) is 0 Å². The molecule has 0 aromatic carbocycles. The molecular formula is C29H65O12P3Si. The van der Waals surface area contributed by atoms with E-state index in [1.54, 1.807) is 62.3 Å². The van der Waals surface area contributed by atoms with Crippen molar-refractivity contribution in [2.24, 2.45) is 11.3 Å². The molecule has 0 spiro atoms. The normalized spacial score (nSPS) is 16.9. The Balaban J connectivity index is 7.72. The molecule has 0 radical (unpaired) electrons.